The Morgan fingerprint density at radius 1 is 0.968 bits per heavy atom. The Morgan fingerprint density at radius 2 is 1.65 bits per heavy atom. The van der Waals surface area contributed by atoms with E-state index in [1.54, 1.807) is 17.0 Å². The summed E-state index contributed by atoms with van der Waals surface area (Å²) in [5, 5.41) is 2.80. The smallest absolute Gasteiger partial charge is 0.253 e. The SMILES string of the molecule is Cc1csc(CC(=O)N2CCN(C(=O)c3ccc(OCc4ccccc4)cc3)CC2)n1. The zero-order valence-corrected chi connectivity index (χ0v) is 18.3. The highest BCUT2D eigenvalue weighted by Crippen LogP contribution is 2.17. The van der Waals surface area contributed by atoms with Crippen LogP contribution in [0.4, 0.5) is 0 Å². The highest BCUT2D eigenvalue weighted by atomic mass is 32.1. The molecule has 0 spiro atoms. The standard InChI is InChI=1S/C24H25N3O3S/c1-18-17-31-22(25-18)15-23(28)26-11-13-27(14-12-26)24(29)20-7-9-21(10-8-20)30-16-19-5-3-2-4-6-19/h2-10,17H,11-16H2,1H3. The molecule has 1 aliphatic heterocycles. The van der Waals surface area contributed by atoms with Crippen molar-refractivity contribution in [1.29, 1.82) is 0 Å². The first kappa shape index (κ1) is 21.1. The van der Waals surface area contributed by atoms with Gasteiger partial charge in [0.2, 0.25) is 5.91 Å². The Balaban J connectivity index is 1.26. The van der Waals surface area contributed by atoms with Crippen molar-refractivity contribution in [3.05, 3.63) is 81.8 Å². The average molecular weight is 436 g/mol. The van der Waals surface area contributed by atoms with Crippen LogP contribution < -0.4 is 4.74 Å². The van der Waals surface area contributed by atoms with E-state index >= 15 is 0 Å². The van der Waals surface area contributed by atoms with Crippen molar-refractivity contribution in [2.24, 2.45) is 0 Å². The molecule has 0 bridgehead atoms. The van der Waals surface area contributed by atoms with Crippen molar-refractivity contribution in [2.75, 3.05) is 26.2 Å². The van der Waals surface area contributed by atoms with Crippen LogP contribution in [0.15, 0.2) is 60.0 Å². The fourth-order valence-electron chi connectivity index (χ4n) is 3.50. The number of carbonyl (C=O) groups is 2. The molecule has 6 nitrogen and oxygen atoms in total. The summed E-state index contributed by atoms with van der Waals surface area (Å²) in [6, 6.07) is 17.2. The number of hydrogen-bond donors (Lipinski definition) is 0. The maximum absolute atomic E-state index is 12.8. The molecule has 4 rings (SSSR count). The molecule has 0 unspecified atom stereocenters. The number of nitrogens with zero attached hydrogens (tertiary/aromatic N) is 3. The quantitative estimate of drug-likeness (QED) is 0.594. The summed E-state index contributed by atoms with van der Waals surface area (Å²) in [6.45, 7) is 4.59. The molecule has 7 heteroatoms. The van der Waals surface area contributed by atoms with Crippen LogP contribution in [0.2, 0.25) is 0 Å². The first-order valence-electron chi connectivity index (χ1n) is 10.3. The van der Waals surface area contributed by atoms with Crippen molar-refractivity contribution in [3.63, 3.8) is 0 Å². The van der Waals surface area contributed by atoms with Gasteiger partial charge in [0.1, 0.15) is 17.4 Å². The predicted octanol–water partition coefficient (Wildman–Crippen LogP) is 3.56. The van der Waals surface area contributed by atoms with Crippen LogP contribution >= 0.6 is 11.3 Å². The molecule has 0 atom stereocenters. The molecule has 1 saturated heterocycles. The van der Waals surface area contributed by atoms with Gasteiger partial charge in [-0.3, -0.25) is 9.59 Å². The lowest BCUT2D eigenvalue weighted by Crippen LogP contribution is -2.51. The van der Waals surface area contributed by atoms with E-state index in [2.05, 4.69) is 4.98 Å². The molecule has 2 aromatic carbocycles. The lowest BCUT2D eigenvalue weighted by molar-refractivity contribution is -0.131. The number of carbonyl (C=O) groups excluding carboxylic acids is 2. The second-order valence-electron chi connectivity index (χ2n) is 7.53. The summed E-state index contributed by atoms with van der Waals surface area (Å²) in [4.78, 5) is 33.3. The molecule has 1 aliphatic rings. The number of amides is 2. The van der Waals surface area contributed by atoms with Crippen LogP contribution in [0.25, 0.3) is 0 Å². The topological polar surface area (TPSA) is 62.7 Å². The van der Waals surface area contributed by atoms with Crippen LogP contribution in [0, 0.1) is 6.92 Å². The summed E-state index contributed by atoms with van der Waals surface area (Å²) < 4.78 is 5.79. The van der Waals surface area contributed by atoms with Crippen LogP contribution in [-0.4, -0.2) is 52.8 Å². The fraction of sp³-hybridized carbons (Fsp3) is 0.292. The summed E-state index contributed by atoms with van der Waals surface area (Å²) in [6.07, 6.45) is 0.330. The minimum absolute atomic E-state index is 0.0164. The van der Waals surface area contributed by atoms with Gasteiger partial charge in [0.05, 0.1) is 6.42 Å². The Kier molecular flexibility index (Phi) is 6.62. The van der Waals surface area contributed by atoms with Gasteiger partial charge in [0, 0.05) is 42.8 Å². The maximum atomic E-state index is 12.8. The first-order valence-corrected chi connectivity index (χ1v) is 11.2. The first-order chi connectivity index (χ1) is 15.1. The number of hydrogen-bond acceptors (Lipinski definition) is 5. The number of thiazole rings is 1. The summed E-state index contributed by atoms with van der Waals surface area (Å²) in [5.74, 6) is 0.784. The third kappa shape index (κ3) is 5.49. The maximum Gasteiger partial charge on any atom is 0.253 e. The van der Waals surface area contributed by atoms with Gasteiger partial charge in [-0.05, 0) is 36.8 Å². The predicted molar refractivity (Wildman–Crippen MR) is 120 cm³/mol. The Morgan fingerprint density at radius 3 is 2.29 bits per heavy atom. The van der Waals surface area contributed by atoms with Crippen molar-refractivity contribution >= 4 is 23.2 Å². The molecule has 160 valence electrons. The second-order valence-corrected chi connectivity index (χ2v) is 8.47. The minimum Gasteiger partial charge on any atom is -0.489 e. The van der Waals surface area contributed by atoms with Crippen molar-refractivity contribution in [2.45, 2.75) is 20.0 Å². The van der Waals surface area contributed by atoms with Crippen molar-refractivity contribution < 1.29 is 14.3 Å². The van der Waals surface area contributed by atoms with Gasteiger partial charge in [-0.25, -0.2) is 4.98 Å². The van der Waals surface area contributed by atoms with Gasteiger partial charge in [0.25, 0.3) is 5.91 Å². The third-order valence-electron chi connectivity index (χ3n) is 5.24. The van der Waals surface area contributed by atoms with Crippen molar-refractivity contribution in [3.8, 4) is 5.75 Å². The molecule has 2 heterocycles. The Hall–Kier alpha value is -3.19. The van der Waals surface area contributed by atoms with Crippen LogP contribution in [0.1, 0.15) is 26.6 Å². The summed E-state index contributed by atoms with van der Waals surface area (Å²) >= 11 is 1.51. The molecule has 1 fully saturated rings. The normalized spacial score (nSPS) is 13.8. The number of piperazine rings is 1. The largest absolute Gasteiger partial charge is 0.489 e. The van der Waals surface area contributed by atoms with Gasteiger partial charge < -0.3 is 14.5 Å². The van der Waals surface area contributed by atoms with E-state index in [1.165, 1.54) is 11.3 Å². The zero-order chi connectivity index (χ0) is 21.6. The Labute approximate surface area is 186 Å². The molecule has 0 aliphatic carbocycles. The summed E-state index contributed by atoms with van der Waals surface area (Å²) in [7, 11) is 0. The van der Waals surface area contributed by atoms with Gasteiger partial charge in [-0.15, -0.1) is 11.3 Å². The average Bonchev–Trinajstić information content (AvgIpc) is 3.22. The second kappa shape index (κ2) is 9.75. The third-order valence-corrected chi connectivity index (χ3v) is 6.20. The number of aryl methyl sites for hydroxylation is 1. The number of aromatic nitrogens is 1. The highest BCUT2D eigenvalue weighted by Gasteiger charge is 2.25. The van der Waals surface area contributed by atoms with Crippen LogP contribution in [-0.2, 0) is 17.8 Å². The van der Waals surface area contributed by atoms with E-state index in [0.717, 1.165) is 22.0 Å². The molecule has 0 saturated carbocycles. The molecule has 0 N–H and O–H groups in total. The van der Waals surface area contributed by atoms with E-state index in [0.29, 0.717) is 44.8 Å². The fourth-order valence-corrected chi connectivity index (χ4v) is 4.26. The monoisotopic (exact) mass is 435 g/mol. The van der Waals surface area contributed by atoms with E-state index in [9.17, 15) is 9.59 Å². The zero-order valence-electron chi connectivity index (χ0n) is 17.5. The minimum atomic E-state index is -0.0164. The van der Waals surface area contributed by atoms with E-state index in [4.69, 9.17) is 4.74 Å². The van der Waals surface area contributed by atoms with Gasteiger partial charge in [0.15, 0.2) is 0 Å². The Bertz CT molecular complexity index is 1030. The van der Waals surface area contributed by atoms with E-state index in [-0.39, 0.29) is 11.8 Å². The van der Waals surface area contributed by atoms with Crippen molar-refractivity contribution in [1.82, 2.24) is 14.8 Å². The number of rotatable bonds is 6. The van der Waals surface area contributed by atoms with Gasteiger partial charge in [-0.1, -0.05) is 30.3 Å². The number of benzene rings is 2. The summed E-state index contributed by atoms with van der Waals surface area (Å²) in [5.41, 5.74) is 2.67. The van der Waals surface area contributed by atoms with E-state index in [1.807, 2.05) is 59.7 Å². The number of ether oxygens (including phenoxy) is 1. The van der Waals surface area contributed by atoms with Crippen LogP contribution in [0.3, 0.4) is 0 Å². The van der Waals surface area contributed by atoms with Gasteiger partial charge in [-0.2, -0.15) is 0 Å². The lowest BCUT2D eigenvalue weighted by atomic mass is 10.1. The molecule has 3 aromatic rings. The molecule has 2 amide bonds. The molecular formula is C24H25N3O3S. The van der Waals surface area contributed by atoms with Gasteiger partial charge >= 0.3 is 0 Å². The van der Waals surface area contributed by atoms with Crippen LogP contribution in [0.5, 0.6) is 5.75 Å². The molecular weight excluding hydrogens is 410 g/mol. The lowest BCUT2D eigenvalue weighted by Gasteiger charge is -2.34. The molecule has 0 radical (unpaired) electrons. The highest BCUT2D eigenvalue weighted by molar-refractivity contribution is 7.09. The molecule has 1 aromatic heterocycles. The van der Waals surface area contributed by atoms with E-state index < -0.39 is 0 Å². The molecule has 31 heavy (non-hydrogen) atoms.